The van der Waals surface area contributed by atoms with Crippen molar-refractivity contribution in [3.05, 3.63) is 43.2 Å². The van der Waals surface area contributed by atoms with Crippen LogP contribution in [0.1, 0.15) is 4.88 Å². The Bertz CT molecular complexity index is 553. The molecule has 0 bridgehead atoms. The van der Waals surface area contributed by atoms with Crippen molar-refractivity contribution in [1.29, 1.82) is 0 Å². The molecule has 0 fully saturated rings. The van der Waals surface area contributed by atoms with Crippen molar-refractivity contribution in [1.82, 2.24) is 4.98 Å². The van der Waals surface area contributed by atoms with Gasteiger partial charge >= 0.3 is 0 Å². The van der Waals surface area contributed by atoms with Gasteiger partial charge in [0, 0.05) is 17.7 Å². The van der Waals surface area contributed by atoms with E-state index in [1.54, 1.807) is 12.1 Å². The van der Waals surface area contributed by atoms with Crippen molar-refractivity contribution < 1.29 is 10.0 Å². The van der Waals surface area contributed by atoms with Gasteiger partial charge in [-0.3, -0.25) is 10.1 Å². The van der Waals surface area contributed by atoms with E-state index in [1.165, 1.54) is 23.5 Å². The maximum absolute atomic E-state index is 10.5. The third kappa shape index (κ3) is 2.51. The van der Waals surface area contributed by atoms with Crippen LogP contribution in [0.15, 0.2) is 28.2 Å². The molecule has 0 aliphatic rings. The van der Waals surface area contributed by atoms with E-state index in [-0.39, 0.29) is 12.3 Å². The summed E-state index contributed by atoms with van der Waals surface area (Å²) in [7, 11) is 0. The lowest BCUT2D eigenvalue weighted by Crippen LogP contribution is -1.89. The zero-order valence-corrected chi connectivity index (χ0v) is 10.9. The lowest BCUT2D eigenvalue weighted by atomic mass is 10.1. The summed E-state index contributed by atoms with van der Waals surface area (Å²) in [6.45, 7) is -0.102. The van der Waals surface area contributed by atoms with Gasteiger partial charge in [0.05, 0.1) is 22.1 Å². The summed E-state index contributed by atoms with van der Waals surface area (Å²) in [6, 6.07) is 6.09. The zero-order valence-electron chi connectivity index (χ0n) is 8.46. The van der Waals surface area contributed by atoms with Crippen molar-refractivity contribution in [2.75, 3.05) is 0 Å². The van der Waals surface area contributed by atoms with E-state index >= 15 is 0 Å². The van der Waals surface area contributed by atoms with Crippen LogP contribution in [0.4, 0.5) is 5.69 Å². The second-order valence-corrected chi connectivity index (χ2v) is 5.56. The van der Waals surface area contributed by atoms with Crippen LogP contribution in [-0.4, -0.2) is 15.0 Å². The SMILES string of the molecule is O=[N+]([O-])c1ccc(-c2nc(Br)sc2CO)cc1. The van der Waals surface area contributed by atoms with E-state index in [0.29, 0.717) is 9.61 Å². The third-order valence-electron chi connectivity index (χ3n) is 2.17. The number of hydrogen-bond donors (Lipinski definition) is 1. The molecule has 0 aliphatic heterocycles. The lowest BCUT2D eigenvalue weighted by Gasteiger charge is -1.99. The van der Waals surface area contributed by atoms with Gasteiger partial charge in [0.25, 0.3) is 5.69 Å². The normalized spacial score (nSPS) is 10.5. The Morgan fingerprint density at radius 2 is 2.06 bits per heavy atom. The molecule has 0 unspecified atom stereocenters. The number of aliphatic hydroxyl groups is 1. The van der Waals surface area contributed by atoms with Gasteiger partial charge in [0.2, 0.25) is 0 Å². The molecule has 1 aromatic carbocycles. The molecule has 0 atom stereocenters. The van der Waals surface area contributed by atoms with Gasteiger partial charge in [-0.05, 0) is 28.1 Å². The number of aliphatic hydroxyl groups excluding tert-OH is 1. The molecule has 1 N–H and O–H groups in total. The number of nitro benzene ring substituents is 1. The molecule has 0 saturated carbocycles. The first kappa shape index (κ1) is 12.2. The number of hydrogen-bond acceptors (Lipinski definition) is 5. The first-order chi connectivity index (χ1) is 8.11. The average Bonchev–Trinajstić information content (AvgIpc) is 2.70. The summed E-state index contributed by atoms with van der Waals surface area (Å²) in [4.78, 5) is 15.0. The Morgan fingerprint density at radius 1 is 1.41 bits per heavy atom. The fourth-order valence-electron chi connectivity index (χ4n) is 1.40. The standard InChI is InChI=1S/C10H7BrN2O3S/c11-10-12-9(8(5-14)17-10)6-1-3-7(4-2-6)13(15)16/h1-4,14H,5H2. The van der Waals surface area contributed by atoms with Gasteiger partial charge in [-0.1, -0.05) is 0 Å². The highest BCUT2D eigenvalue weighted by Crippen LogP contribution is 2.31. The quantitative estimate of drug-likeness (QED) is 0.698. The van der Waals surface area contributed by atoms with Crippen molar-refractivity contribution in [2.45, 2.75) is 6.61 Å². The molecule has 0 radical (unpaired) electrons. The van der Waals surface area contributed by atoms with E-state index in [9.17, 15) is 15.2 Å². The Kier molecular flexibility index (Phi) is 3.51. The second kappa shape index (κ2) is 4.91. The van der Waals surface area contributed by atoms with Crippen LogP contribution >= 0.6 is 27.3 Å². The number of nitrogens with zero attached hydrogens (tertiary/aromatic N) is 2. The van der Waals surface area contributed by atoms with E-state index in [4.69, 9.17) is 0 Å². The largest absolute Gasteiger partial charge is 0.391 e. The molecule has 17 heavy (non-hydrogen) atoms. The number of thiazole rings is 1. The summed E-state index contributed by atoms with van der Waals surface area (Å²) < 4.78 is 0.676. The molecule has 88 valence electrons. The van der Waals surface area contributed by atoms with Crippen LogP contribution < -0.4 is 0 Å². The number of non-ortho nitro benzene ring substituents is 1. The van der Waals surface area contributed by atoms with E-state index in [0.717, 1.165) is 10.4 Å². The van der Waals surface area contributed by atoms with Crippen molar-refractivity contribution in [3.63, 3.8) is 0 Å². The highest BCUT2D eigenvalue weighted by Gasteiger charge is 2.12. The van der Waals surface area contributed by atoms with Crippen molar-refractivity contribution >= 4 is 33.0 Å². The van der Waals surface area contributed by atoms with E-state index in [1.807, 2.05) is 0 Å². The predicted octanol–water partition coefficient (Wildman–Crippen LogP) is 2.97. The monoisotopic (exact) mass is 314 g/mol. The molecule has 2 aromatic rings. The van der Waals surface area contributed by atoms with Crippen LogP contribution in [0.25, 0.3) is 11.3 Å². The summed E-state index contributed by atoms with van der Waals surface area (Å²) in [5.74, 6) is 0. The van der Waals surface area contributed by atoms with E-state index in [2.05, 4.69) is 20.9 Å². The molecule has 5 nitrogen and oxygen atoms in total. The summed E-state index contributed by atoms with van der Waals surface area (Å²) in [5, 5.41) is 19.7. The zero-order chi connectivity index (χ0) is 12.4. The van der Waals surface area contributed by atoms with Gasteiger partial charge in [0.1, 0.15) is 0 Å². The maximum atomic E-state index is 10.5. The van der Waals surface area contributed by atoms with Crippen LogP contribution in [0.5, 0.6) is 0 Å². The number of nitro groups is 1. The minimum Gasteiger partial charge on any atom is -0.391 e. The molecule has 0 aliphatic carbocycles. The fourth-order valence-corrected chi connectivity index (χ4v) is 2.83. The number of aromatic nitrogens is 1. The smallest absolute Gasteiger partial charge is 0.269 e. The highest BCUT2D eigenvalue weighted by atomic mass is 79.9. The Hall–Kier alpha value is -1.31. The molecule has 0 spiro atoms. The summed E-state index contributed by atoms with van der Waals surface area (Å²) in [5.41, 5.74) is 1.44. The number of halogens is 1. The minimum absolute atomic E-state index is 0.0357. The van der Waals surface area contributed by atoms with Gasteiger partial charge in [-0.15, -0.1) is 11.3 Å². The molecule has 1 aromatic heterocycles. The maximum Gasteiger partial charge on any atom is 0.269 e. The third-order valence-corrected chi connectivity index (χ3v) is 3.66. The minimum atomic E-state index is -0.451. The highest BCUT2D eigenvalue weighted by molar-refractivity contribution is 9.11. The van der Waals surface area contributed by atoms with Crippen LogP contribution in [0, 0.1) is 10.1 Å². The summed E-state index contributed by atoms with van der Waals surface area (Å²) in [6.07, 6.45) is 0. The molecular weight excluding hydrogens is 308 g/mol. The molecule has 2 rings (SSSR count). The second-order valence-electron chi connectivity index (χ2n) is 3.20. The lowest BCUT2D eigenvalue weighted by molar-refractivity contribution is -0.384. The fraction of sp³-hybridized carbons (Fsp3) is 0.100. The predicted molar refractivity (Wildman–Crippen MR) is 67.8 cm³/mol. The molecule has 0 saturated heterocycles. The van der Waals surface area contributed by atoms with Gasteiger partial charge in [0.15, 0.2) is 3.92 Å². The topological polar surface area (TPSA) is 76.3 Å². The first-order valence-corrected chi connectivity index (χ1v) is 6.23. The number of benzene rings is 1. The van der Waals surface area contributed by atoms with Gasteiger partial charge in [-0.25, -0.2) is 4.98 Å². The van der Waals surface area contributed by atoms with E-state index < -0.39 is 4.92 Å². The molecule has 7 heteroatoms. The van der Waals surface area contributed by atoms with Gasteiger partial charge < -0.3 is 5.11 Å². The molecular formula is C10H7BrN2O3S. The van der Waals surface area contributed by atoms with Crippen LogP contribution in [-0.2, 0) is 6.61 Å². The summed E-state index contributed by atoms with van der Waals surface area (Å²) >= 11 is 4.59. The van der Waals surface area contributed by atoms with Gasteiger partial charge in [-0.2, -0.15) is 0 Å². The number of rotatable bonds is 3. The average molecular weight is 315 g/mol. The Morgan fingerprint density at radius 3 is 2.59 bits per heavy atom. The first-order valence-electron chi connectivity index (χ1n) is 4.62. The Balaban J connectivity index is 2.42. The van der Waals surface area contributed by atoms with Crippen molar-refractivity contribution in [2.24, 2.45) is 0 Å². The van der Waals surface area contributed by atoms with Crippen LogP contribution in [0.2, 0.25) is 0 Å². The molecule has 1 heterocycles. The van der Waals surface area contributed by atoms with Crippen molar-refractivity contribution in [3.8, 4) is 11.3 Å². The van der Waals surface area contributed by atoms with Crippen LogP contribution in [0.3, 0.4) is 0 Å². The molecule has 0 amide bonds. The Labute approximate surface area is 109 Å².